The normalized spacial score (nSPS) is 17.6. The molecule has 0 radical (unpaired) electrons. The fraction of sp³-hybridized carbons (Fsp3) is 0.300. The van der Waals surface area contributed by atoms with Crippen molar-refractivity contribution in [3.8, 4) is 0 Å². The average Bonchev–Trinajstić information content (AvgIpc) is 2.73. The van der Waals surface area contributed by atoms with Crippen LogP contribution in [0.3, 0.4) is 0 Å². The molecule has 1 aliphatic rings. The van der Waals surface area contributed by atoms with Crippen molar-refractivity contribution in [2.75, 3.05) is 0 Å². The minimum atomic E-state index is -0.279. The lowest BCUT2D eigenvalue weighted by Gasteiger charge is -2.19. The lowest BCUT2D eigenvalue weighted by molar-refractivity contribution is -0.139. The van der Waals surface area contributed by atoms with Crippen LogP contribution >= 0.6 is 11.3 Å². The quantitative estimate of drug-likeness (QED) is 0.711. The van der Waals surface area contributed by atoms with Crippen LogP contribution in [0.2, 0.25) is 0 Å². The number of aromatic nitrogens is 1. The maximum Gasteiger partial charge on any atom is 0.254 e. The molecule has 2 rings (SSSR count). The number of imide groups is 1. The summed E-state index contributed by atoms with van der Waals surface area (Å²) < 4.78 is 0. The number of carbonyl (C=O) groups excluding carboxylic acids is 2. The summed E-state index contributed by atoms with van der Waals surface area (Å²) in [6, 6.07) is -0.279. The second kappa shape index (κ2) is 3.58. The first-order chi connectivity index (χ1) is 7.09. The van der Waals surface area contributed by atoms with Crippen molar-refractivity contribution in [2.45, 2.75) is 19.9 Å². The zero-order chi connectivity index (χ0) is 11.0. The molecule has 4 nitrogen and oxygen atoms in total. The van der Waals surface area contributed by atoms with Crippen molar-refractivity contribution in [1.82, 2.24) is 9.88 Å². The molecule has 0 aromatic carbocycles. The molecule has 5 heteroatoms. The van der Waals surface area contributed by atoms with Crippen LogP contribution in [0.15, 0.2) is 17.5 Å². The molecule has 2 amide bonds. The molecule has 15 heavy (non-hydrogen) atoms. The summed E-state index contributed by atoms with van der Waals surface area (Å²) in [4.78, 5) is 28.3. The molecule has 1 aromatic rings. The van der Waals surface area contributed by atoms with Gasteiger partial charge in [0.05, 0.1) is 6.04 Å². The van der Waals surface area contributed by atoms with Crippen LogP contribution in [0.5, 0.6) is 0 Å². The first-order valence-corrected chi connectivity index (χ1v) is 5.45. The first-order valence-electron chi connectivity index (χ1n) is 4.57. The van der Waals surface area contributed by atoms with Gasteiger partial charge in [-0.25, -0.2) is 4.98 Å². The molecule has 2 heterocycles. The van der Waals surface area contributed by atoms with E-state index in [1.165, 1.54) is 28.4 Å². The number of thiazole rings is 1. The summed E-state index contributed by atoms with van der Waals surface area (Å²) in [7, 11) is 0. The van der Waals surface area contributed by atoms with Crippen LogP contribution < -0.4 is 0 Å². The Labute approximate surface area is 91.2 Å². The molecule has 1 atom stereocenters. The van der Waals surface area contributed by atoms with Crippen LogP contribution in [0, 0.1) is 6.92 Å². The van der Waals surface area contributed by atoms with Crippen LogP contribution in [0.4, 0.5) is 0 Å². The second-order valence-electron chi connectivity index (χ2n) is 3.38. The molecule has 1 aromatic heterocycles. The highest BCUT2D eigenvalue weighted by molar-refractivity contribution is 7.09. The van der Waals surface area contributed by atoms with Gasteiger partial charge >= 0.3 is 0 Å². The number of nitrogens with zero attached hydrogens (tertiary/aromatic N) is 2. The number of aryl methyl sites for hydroxylation is 1. The summed E-state index contributed by atoms with van der Waals surface area (Å²) in [5.41, 5.74) is 0.911. The van der Waals surface area contributed by atoms with Gasteiger partial charge in [-0.05, 0) is 13.8 Å². The third-order valence-electron chi connectivity index (χ3n) is 2.22. The van der Waals surface area contributed by atoms with Crippen molar-refractivity contribution in [1.29, 1.82) is 0 Å². The minimum absolute atomic E-state index is 0.264. The zero-order valence-electron chi connectivity index (χ0n) is 8.43. The molecule has 1 unspecified atom stereocenters. The smallest absolute Gasteiger partial charge is 0.254 e. The van der Waals surface area contributed by atoms with Gasteiger partial charge in [0.1, 0.15) is 5.01 Å². The van der Waals surface area contributed by atoms with Gasteiger partial charge < -0.3 is 0 Å². The molecule has 1 aliphatic heterocycles. The average molecular weight is 222 g/mol. The lowest BCUT2D eigenvalue weighted by atomic mass is 10.3. The van der Waals surface area contributed by atoms with Crippen molar-refractivity contribution in [2.24, 2.45) is 0 Å². The number of carbonyl (C=O) groups is 2. The van der Waals surface area contributed by atoms with Gasteiger partial charge in [0, 0.05) is 23.2 Å². The molecular weight excluding hydrogens is 212 g/mol. The molecule has 78 valence electrons. The van der Waals surface area contributed by atoms with E-state index in [1.807, 2.05) is 12.3 Å². The third kappa shape index (κ3) is 1.70. The monoisotopic (exact) mass is 222 g/mol. The fourth-order valence-corrected chi connectivity index (χ4v) is 2.31. The van der Waals surface area contributed by atoms with E-state index in [-0.39, 0.29) is 17.9 Å². The summed E-state index contributed by atoms with van der Waals surface area (Å²) in [5.74, 6) is -0.527. The van der Waals surface area contributed by atoms with E-state index in [9.17, 15) is 9.59 Å². The highest BCUT2D eigenvalue weighted by Crippen LogP contribution is 2.25. The van der Waals surface area contributed by atoms with E-state index in [2.05, 4.69) is 4.98 Å². The predicted octanol–water partition coefficient (Wildman–Crippen LogP) is 1.44. The summed E-state index contributed by atoms with van der Waals surface area (Å²) in [5, 5.41) is 2.70. The van der Waals surface area contributed by atoms with Gasteiger partial charge in [-0.15, -0.1) is 11.3 Å². The Kier molecular flexibility index (Phi) is 2.40. The molecule has 0 spiro atoms. The summed E-state index contributed by atoms with van der Waals surface area (Å²) in [6.45, 7) is 3.69. The van der Waals surface area contributed by atoms with Gasteiger partial charge in [-0.3, -0.25) is 14.5 Å². The van der Waals surface area contributed by atoms with E-state index in [1.54, 1.807) is 6.92 Å². The van der Waals surface area contributed by atoms with E-state index in [0.29, 0.717) is 0 Å². The molecule has 0 N–H and O–H groups in total. The molecule has 0 fully saturated rings. The molecule has 0 saturated heterocycles. The highest BCUT2D eigenvalue weighted by atomic mass is 32.1. The molecule has 0 saturated carbocycles. The Morgan fingerprint density at radius 3 is 2.40 bits per heavy atom. The van der Waals surface area contributed by atoms with Gasteiger partial charge in [-0.2, -0.15) is 0 Å². The van der Waals surface area contributed by atoms with Crippen LogP contribution in [0.1, 0.15) is 23.7 Å². The number of amides is 2. The maximum absolute atomic E-state index is 11.4. The predicted molar refractivity (Wildman–Crippen MR) is 56.3 cm³/mol. The first kappa shape index (κ1) is 10.0. The second-order valence-corrected chi connectivity index (χ2v) is 4.27. The van der Waals surface area contributed by atoms with Gasteiger partial charge in [0.15, 0.2) is 0 Å². The van der Waals surface area contributed by atoms with Crippen molar-refractivity contribution in [3.63, 3.8) is 0 Å². The standard InChI is InChI=1S/C10H10N2O2S/c1-6-5-15-10(11-6)7(2)12-8(13)3-4-9(12)14/h3-5,7H,1-2H3. The van der Waals surface area contributed by atoms with E-state index in [4.69, 9.17) is 0 Å². The van der Waals surface area contributed by atoms with Crippen molar-refractivity contribution >= 4 is 23.2 Å². The number of rotatable bonds is 2. The Morgan fingerprint density at radius 2 is 1.93 bits per heavy atom. The molecule has 0 bridgehead atoms. The summed E-state index contributed by atoms with van der Waals surface area (Å²) in [6.07, 6.45) is 2.58. The molecule has 0 aliphatic carbocycles. The van der Waals surface area contributed by atoms with Crippen molar-refractivity contribution < 1.29 is 9.59 Å². The lowest BCUT2D eigenvalue weighted by Crippen LogP contribution is -2.32. The van der Waals surface area contributed by atoms with E-state index >= 15 is 0 Å². The Balaban J connectivity index is 2.25. The maximum atomic E-state index is 11.4. The van der Waals surface area contributed by atoms with E-state index < -0.39 is 0 Å². The summed E-state index contributed by atoms with van der Waals surface area (Å²) >= 11 is 1.46. The van der Waals surface area contributed by atoms with Crippen LogP contribution in [-0.4, -0.2) is 21.7 Å². The Hall–Kier alpha value is -1.49. The van der Waals surface area contributed by atoms with Crippen LogP contribution in [-0.2, 0) is 9.59 Å². The zero-order valence-corrected chi connectivity index (χ0v) is 9.25. The van der Waals surface area contributed by atoms with Gasteiger partial charge in [-0.1, -0.05) is 0 Å². The van der Waals surface area contributed by atoms with Gasteiger partial charge in [0.2, 0.25) is 0 Å². The van der Waals surface area contributed by atoms with Crippen LogP contribution in [0.25, 0.3) is 0 Å². The highest BCUT2D eigenvalue weighted by Gasteiger charge is 2.30. The topological polar surface area (TPSA) is 50.3 Å². The number of hydrogen-bond donors (Lipinski definition) is 0. The number of hydrogen-bond acceptors (Lipinski definition) is 4. The van der Waals surface area contributed by atoms with Crippen molar-refractivity contribution in [3.05, 3.63) is 28.2 Å². The fourth-order valence-electron chi connectivity index (χ4n) is 1.47. The minimum Gasteiger partial charge on any atom is -0.269 e. The van der Waals surface area contributed by atoms with E-state index in [0.717, 1.165) is 10.7 Å². The van der Waals surface area contributed by atoms with Gasteiger partial charge in [0.25, 0.3) is 11.8 Å². The molecular formula is C10H10N2O2S. The SMILES string of the molecule is Cc1csc(C(C)N2C(=O)C=CC2=O)n1. The Bertz CT molecular complexity index is 432. The third-order valence-corrected chi connectivity index (χ3v) is 3.36. The Morgan fingerprint density at radius 1 is 1.33 bits per heavy atom. The largest absolute Gasteiger partial charge is 0.269 e.